The molecule has 0 aliphatic carbocycles. The Kier molecular flexibility index (Phi) is 11.7. The zero-order chi connectivity index (χ0) is 17.3. The summed E-state index contributed by atoms with van der Waals surface area (Å²) in [4.78, 5) is 7.73. The summed E-state index contributed by atoms with van der Waals surface area (Å²) in [6, 6.07) is 0.0271. The summed E-state index contributed by atoms with van der Waals surface area (Å²) in [6.45, 7) is 4.64. The van der Waals surface area contributed by atoms with Crippen molar-refractivity contribution in [2.24, 2.45) is 4.99 Å². The minimum Gasteiger partial charge on any atom is -0.352 e. The predicted octanol–water partition coefficient (Wildman–Crippen LogP) is 3.49. The number of guanidine groups is 1. The highest BCUT2D eigenvalue weighted by Gasteiger charge is 2.34. The summed E-state index contributed by atoms with van der Waals surface area (Å²) in [5, 5.41) is 3.28. The molecule has 0 radical (unpaired) electrons. The van der Waals surface area contributed by atoms with Crippen molar-refractivity contribution < 1.29 is 13.2 Å². The lowest BCUT2D eigenvalue weighted by Crippen LogP contribution is -2.46. The Hall–Kier alpha value is -0.510. The van der Waals surface area contributed by atoms with E-state index in [1.165, 1.54) is 4.90 Å². The maximum Gasteiger partial charge on any atom is 0.401 e. The molecule has 0 saturated carbocycles. The Labute approximate surface area is 160 Å². The maximum atomic E-state index is 12.4. The van der Waals surface area contributed by atoms with Crippen molar-refractivity contribution in [3.8, 4) is 0 Å². The van der Waals surface area contributed by atoms with Gasteiger partial charge in [0.25, 0.3) is 0 Å². The lowest BCUT2D eigenvalue weighted by molar-refractivity contribution is -0.143. The van der Waals surface area contributed by atoms with Gasteiger partial charge in [-0.1, -0.05) is 12.5 Å². The summed E-state index contributed by atoms with van der Waals surface area (Å²) >= 11 is 0. The summed E-state index contributed by atoms with van der Waals surface area (Å²) in [6.07, 6.45) is 2.89. The monoisotopic (exact) mass is 462 g/mol. The van der Waals surface area contributed by atoms with Gasteiger partial charge in [0.2, 0.25) is 0 Å². The number of hydrogen-bond acceptors (Lipinski definition) is 2. The minimum atomic E-state index is -4.13. The topological polar surface area (TPSA) is 30.9 Å². The van der Waals surface area contributed by atoms with Crippen molar-refractivity contribution in [3.63, 3.8) is 0 Å². The first-order valence-electron chi connectivity index (χ1n) is 8.20. The van der Waals surface area contributed by atoms with Crippen molar-refractivity contribution in [2.75, 3.05) is 40.3 Å². The number of hydrogen-bond donors (Lipinski definition) is 1. The van der Waals surface area contributed by atoms with Gasteiger partial charge in [0.15, 0.2) is 5.96 Å². The van der Waals surface area contributed by atoms with Crippen LogP contribution in [0.25, 0.3) is 0 Å². The highest BCUT2D eigenvalue weighted by molar-refractivity contribution is 14.0. The molecule has 0 bridgehead atoms. The van der Waals surface area contributed by atoms with Gasteiger partial charge in [-0.3, -0.25) is 9.89 Å². The van der Waals surface area contributed by atoms with Crippen LogP contribution >= 0.6 is 24.0 Å². The molecule has 1 N–H and O–H groups in total. The third-order valence-corrected chi connectivity index (χ3v) is 3.98. The summed E-state index contributed by atoms with van der Waals surface area (Å²) in [5.74, 6) is 0.757. The van der Waals surface area contributed by atoms with Crippen molar-refractivity contribution in [1.82, 2.24) is 15.1 Å². The van der Waals surface area contributed by atoms with Crippen LogP contribution in [0, 0.1) is 0 Å². The zero-order valence-corrected chi connectivity index (χ0v) is 16.9. The van der Waals surface area contributed by atoms with E-state index < -0.39 is 12.7 Å². The molecule has 1 unspecified atom stereocenters. The van der Waals surface area contributed by atoms with Crippen molar-refractivity contribution in [2.45, 2.75) is 44.3 Å². The predicted molar refractivity (Wildman–Crippen MR) is 104 cm³/mol. The first-order chi connectivity index (χ1) is 10.9. The molecular weight excluding hydrogens is 432 g/mol. The van der Waals surface area contributed by atoms with E-state index in [4.69, 9.17) is 0 Å². The molecule has 0 aromatic rings. The molecule has 0 aromatic carbocycles. The molecule has 1 aliphatic rings. The molecule has 0 spiro atoms. The van der Waals surface area contributed by atoms with Crippen LogP contribution in [0.4, 0.5) is 13.2 Å². The van der Waals surface area contributed by atoms with E-state index in [-0.39, 0.29) is 30.0 Å². The number of allylic oxidation sites excluding steroid dienone is 1. The second-order valence-electron chi connectivity index (χ2n) is 6.09. The largest absolute Gasteiger partial charge is 0.401 e. The van der Waals surface area contributed by atoms with Crippen LogP contribution < -0.4 is 5.32 Å². The van der Waals surface area contributed by atoms with Gasteiger partial charge in [0.1, 0.15) is 0 Å². The van der Waals surface area contributed by atoms with E-state index in [0.29, 0.717) is 19.5 Å². The van der Waals surface area contributed by atoms with Crippen molar-refractivity contribution >= 4 is 29.9 Å². The van der Waals surface area contributed by atoms with Gasteiger partial charge in [-0.15, -0.1) is 30.6 Å². The number of alkyl halides is 3. The molecule has 142 valence electrons. The average molecular weight is 462 g/mol. The molecule has 0 aromatic heterocycles. The summed E-state index contributed by atoms with van der Waals surface area (Å²) in [7, 11) is 3.67. The van der Waals surface area contributed by atoms with Crippen LogP contribution in [0.1, 0.15) is 32.1 Å². The lowest BCUT2D eigenvalue weighted by atomic mass is 10.2. The SMILES string of the molecule is C=CCCCCCN(C)C(=NC)NC1CCN(CC(F)(F)F)C1.I. The van der Waals surface area contributed by atoms with E-state index in [2.05, 4.69) is 16.9 Å². The number of nitrogens with one attached hydrogen (secondary N) is 1. The summed E-state index contributed by atoms with van der Waals surface area (Å²) < 4.78 is 37.3. The summed E-state index contributed by atoms with van der Waals surface area (Å²) in [5.41, 5.74) is 0. The van der Waals surface area contributed by atoms with Crippen LogP contribution in [0.3, 0.4) is 0 Å². The number of unbranched alkanes of at least 4 members (excludes halogenated alkanes) is 3. The standard InChI is InChI=1S/C16H29F3N4.HI/c1-4-5-6-7-8-10-22(3)15(20-2)21-14-9-11-23(12-14)13-16(17,18)19;/h4,14H,1,5-13H2,2-3H3,(H,20,21);1H. The third kappa shape index (κ3) is 9.71. The molecular formula is C16H30F3IN4. The van der Waals surface area contributed by atoms with Gasteiger partial charge in [-0.2, -0.15) is 13.2 Å². The van der Waals surface area contributed by atoms with Crippen LogP contribution in [0.2, 0.25) is 0 Å². The van der Waals surface area contributed by atoms with Crippen LogP contribution in [-0.4, -0.2) is 68.3 Å². The van der Waals surface area contributed by atoms with Gasteiger partial charge in [0, 0.05) is 39.8 Å². The Balaban J connectivity index is 0.00000529. The van der Waals surface area contributed by atoms with Crippen LogP contribution in [0.15, 0.2) is 17.6 Å². The van der Waals surface area contributed by atoms with Gasteiger partial charge in [-0.25, -0.2) is 0 Å². The van der Waals surface area contributed by atoms with Gasteiger partial charge in [0.05, 0.1) is 6.54 Å². The average Bonchev–Trinajstić information content (AvgIpc) is 2.89. The second kappa shape index (κ2) is 11.9. The molecule has 1 aliphatic heterocycles. The quantitative estimate of drug-likeness (QED) is 0.197. The number of halogens is 4. The fourth-order valence-electron chi connectivity index (χ4n) is 2.80. The number of aliphatic imine (C=N–C) groups is 1. The number of likely N-dealkylation sites (tertiary alicyclic amines) is 1. The van der Waals surface area contributed by atoms with E-state index in [1.54, 1.807) is 7.05 Å². The highest BCUT2D eigenvalue weighted by Crippen LogP contribution is 2.20. The molecule has 4 nitrogen and oxygen atoms in total. The van der Waals surface area contributed by atoms with Crippen LogP contribution in [0.5, 0.6) is 0 Å². The van der Waals surface area contributed by atoms with Gasteiger partial charge >= 0.3 is 6.18 Å². The fourth-order valence-corrected chi connectivity index (χ4v) is 2.80. The van der Waals surface area contributed by atoms with E-state index in [9.17, 15) is 13.2 Å². The van der Waals surface area contributed by atoms with E-state index in [1.807, 2.05) is 18.0 Å². The third-order valence-electron chi connectivity index (χ3n) is 3.98. The smallest absolute Gasteiger partial charge is 0.352 e. The molecule has 0 amide bonds. The van der Waals surface area contributed by atoms with Gasteiger partial charge < -0.3 is 10.2 Å². The number of rotatable bonds is 8. The Morgan fingerprint density at radius 3 is 2.67 bits per heavy atom. The zero-order valence-electron chi connectivity index (χ0n) is 14.6. The molecule has 1 atom stereocenters. The number of nitrogens with zero attached hydrogens (tertiary/aromatic N) is 3. The second-order valence-corrected chi connectivity index (χ2v) is 6.09. The van der Waals surface area contributed by atoms with Crippen molar-refractivity contribution in [3.05, 3.63) is 12.7 Å². The molecule has 1 saturated heterocycles. The van der Waals surface area contributed by atoms with Gasteiger partial charge in [-0.05, 0) is 25.7 Å². The van der Waals surface area contributed by atoms with Crippen LogP contribution in [-0.2, 0) is 0 Å². The van der Waals surface area contributed by atoms with E-state index in [0.717, 1.165) is 38.2 Å². The minimum absolute atomic E-state index is 0. The molecule has 1 heterocycles. The first-order valence-corrected chi connectivity index (χ1v) is 8.20. The molecule has 24 heavy (non-hydrogen) atoms. The lowest BCUT2D eigenvalue weighted by Gasteiger charge is -2.25. The molecule has 8 heteroatoms. The first kappa shape index (κ1) is 23.5. The Morgan fingerprint density at radius 1 is 1.38 bits per heavy atom. The maximum absolute atomic E-state index is 12.4. The Morgan fingerprint density at radius 2 is 2.08 bits per heavy atom. The van der Waals surface area contributed by atoms with E-state index >= 15 is 0 Å². The molecule has 1 rings (SSSR count). The van der Waals surface area contributed by atoms with Crippen molar-refractivity contribution in [1.29, 1.82) is 0 Å². The fraction of sp³-hybridized carbons (Fsp3) is 0.812. The normalized spacial score (nSPS) is 19.0. The molecule has 1 fully saturated rings. The highest BCUT2D eigenvalue weighted by atomic mass is 127. The Bertz CT molecular complexity index is 388.